The fourth-order valence-electron chi connectivity index (χ4n) is 2.37. The fraction of sp³-hybridized carbons (Fsp3) is 0.0556. The third kappa shape index (κ3) is 3.37. The molecule has 8 heteroatoms. The highest BCUT2D eigenvalue weighted by Gasteiger charge is 2.14. The van der Waals surface area contributed by atoms with Gasteiger partial charge in [0.25, 0.3) is 5.91 Å². The second-order valence-electron chi connectivity index (χ2n) is 5.36. The number of thiophene rings is 1. The molecule has 1 aromatic carbocycles. The lowest BCUT2D eigenvalue weighted by molar-refractivity contribution is 0.102. The van der Waals surface area contributed by atoms with E-state index >= 15 is 0 Å². The molecule has 0 bridgehead atoms. The predicted molar refractivity (Wildman–Crippen MR) is 104 cm³/mol. The van der Waals surface area contributed by atoms with Crippen molar-refractivity contribution < 1.29 is 9.53 Å². The summed E-state index contributed by atoms with van der Waals surface area (Å²) in [6.45, 7) is 0. The zero-order chi connectivity index (χ0) is 17.9. The topological polar surface area (TPSA) is 79.9 Å². The van der Waals surface area contributed by atoms with Crippen molar-refractivity contribution in [2.24, 2.45) is 0 Å². The number of H-pyrrole nitrogens is 1. The van der Waals surface area contributed by atoms with Crippen molar-refractivity contribution >= 4 is 34.4 Å². The van der Waals surface area contributed by atoms with Crippen LogP contribution in [0.15, 0.2) is 53.2 Å². The molecular formula is C18H14N4O2S2. The van der Waals surface area contributed by atoms with Crippen molar-refractivity contribution in [2.45, 2.75) is 0 Å². The number of nitrogens with one attached hydrogen (secondary N) is 2. The number of anilines is 1. The zero-order valence-corrected chi connectivity index (χ0v) is 15.4. The molecule has 3 aromatic heterocycles. The van der Waals surface area contributed by atoms with Gasteiger partial charge in [0.1, 0.15) is 16.5 Å². The molecule has 0 spiro atoms. The first kappa shape index (κ1) is 16.5. The van der Waals surface area contributed by atoms with Gasteiger partial charge in [-0.3, -0.25) is 9.89 Å². The van der Waals surface area contributed by atoms with Crippen LogP contribution >= 0.6 is 22.7 Å². The van der Waals surface area contributed by atoms with E-state index in [0.717, 1.165) is 26.9 Å². The predicted octanol–water partition coefficient (Wildman–Crippen LogP) is 4.52. The number of carbonyl (C=O) groups is 1. The number of aromatic nitrogens is 3. The number of amides is 1. The molecule has 4 rings (SSSR count). The lowest BCUT2D eigenvalue weighted by Gasteiger charge is -2.00. The molecule has 0 aliphatic heterocycles. The number of rotatable bonds is 5. The van der Waals surface area contributed by atoms with Crippen LogP contribution in [0.25, 0.3) is 21.1 Å². The Labute approximate surface area is 157 Å². The number of aromatic amines is 1. The summed E-state index contributed by atoms with van der Waals surface area (Å²) in [5, 5.41) is 14.3. The molecule has 1 amide bonds. The number of methoxy groups -OCH3 is 1. The number of carbonyl (C=O) groups excluding carboxylic acids is 1. The standard InChI is InChI=1S/C18H14N4O2S2/c1-24-12-6-4-11(5-7-12)18-19-14(10-26-18)17(23)20-16-9-13(21-22-16)15-3-2-8-25-15/h2-10H,1H3,(H2,20,21,22,23). The highest BCUT2D eigenvalue weighted by Crippen LogP contribution is 2.27. The second kappa shape index (κ2) is 7.11. The smallest absolute Gasteiger partial charge is 0.276 e. The molecule has 0 aliphatic carbocycles. The van der Waals surface area contributed by atoms with Crippen molar-refractivity contribution in [3.63, 3.8) is 0 Å². The second-order valence-corrected chi connectivity index (χ2v) is 7.17. The molecule has 0 saturated carbocycles. The number of hydrogen-bond donors (Lipinski definition) is 2. The molecule has 0 radical (unpaired) electrons. The average Bonchev–Trinajstić information content (AvgIpc) is 3.42. The lowest BCUT2D eigenvalue weighted by atomic mass is 10.2. The van der Waals surface area contributed by atoms with E-state index in [9.17, 15) is 4.79 Å². The van der Waals surface area contributed by atoms with Crippen LogP contribution in [0.1, 0.15) is 10.5 Å². The largest absolute Gasteiger partial charge is 0.497 e. The number of thiazole rings is 1. The van der Waals surface area contributed by atoms with Gasteiger partial charge in [0.2, 0.25) is 0 Å². The van der Waals surface area contributed by atoms with Gasteiger partial charge in [0, 0.05) is 17.0 Å². The molecule has 3 heterocycles. The van der Waals surface area contributed by atoms with Crippen LogP contribution < -0.4 is 10.1 Å². The molecule has 0 atom stereocenters. The molecule has 0 saturated heterocycles. The Hall–Kier alpha value is -2.97. The molecule has 0 fully saturated rings. The van der Waals surface area contributed by atoms with Crippen LogP contribution in [0.2, 0.25) is 0 Å². The molecule has 6 nitrogen and oxygen atoms in total. The molecule has 4 aromatic rings. The van der Waals surface area contributed by atoms with Gasteiger partial charge in [0.05, 0.1) is 17.7 Å². The van der Waals surface area contributed by atoms with Crippen LogP contribution in [0, 0.1) is 0 Å². The molecule has 2 N–H and O–H groups in total. The highest BCUT2D eigenvalue weighted by atomic mass is 32.1. The number of hydrogen-bond acceptors (Lipinski definition) is 6. The quantitative estimate of drug-likeness (QED) is 0.532. The van der Waals surface area contributed by atoms with Crippen molar-refractivity contribution in [3.8, 4) is 26.9 Å². The van der Waals surface area contributed by atoms with E-state index in [-0.39, 0.29) is 5.91 Å². The number of benzene rings is 1. The maximum absolute atomic E-state index is 12.4. The van der Waals surface area contributed by atoms with Gasteiger partial charge < -0.3 is 10.1 Å². The SMILES string of the molecule is COc1ccc(-c2nc(C(=O)Nc3cc(-c4cccs4)[nH]n3)cs2)cc1. The summed E-state index contributed by atoms with van der Waals surface area (Å²) in [5.74, 6) is 0.964. The zero-order valence-electron chi connectivity index (χ0n) is 13.7. The van der Waals surface area contributed by atoms with Crippen molar-refractivity contribution in [1.29, 1.82) is 0 Å². The van der Waals surface area contributed by atoms with E-state index in [1.807, 2.05) is 41.8 Å². The summed E-state index contributed by atoms with van der Waals surface area (Å²) < 4.78 is 5.15. The van der Waals surface area contributed by atoms with Crippen molar-refractivity contribution in [2.75, 3.05) is 12.4 Å². The maximum atomic E-state index is 12.4. The number of ether oxygens (including phenoxy) is 1. The minimum atomic E-state index is -0.287. The van der Waals surface area contributed by atoms with E-state index in [1.54, 1.807) is 29.9 Å². The van der Waals surface area contributed by atoms with E-state index in [4.69, 9.17) is 4.74 Å². The van der Waals surface area contributed by atoms with Gasteiger partial charge in [-0.05, 0) is 35.7 Å². The summed E-state index contributed by atoms with van der Waals surface area (Å²) >= 11 is 3.02. The van der Waals surface area contributed by atoms with Crippen LogP contribution in [-0.4, -0.2) is 28.2 Å². The summed E-state index contributed by atoms with van der Waals surface area (Å²) in [6.07, 6.45) is 0. The molecule has 0 aliphatic rings. The Balaban J connectivity index is 1.48. The van der Waals surface area contributed by atoms with Gasteiger partial charge in [-0.1, -0.05) is 6.07 Å². The van der Waals surface area contributed by atoms with Crippen molar-refractivity contribution in [1.82, 2.24) is 15.2 Å². The lowest BCUT2D eigenvalue weighted by Crippen LogP contribution is -2.12. The van der Waals surface area contributed by atoms with Gasteiger partial charge >= 0.3 is 0 Å². The van der Waals surface area contributed by atoms with E-state index in [0.29, 0.717) is 11.5 Å². The van der Waals surface area contributed by atoms with Crippen LogP contribution in [0.4, 0.5) is 5.82 Å². The third-order valence-corrected chi connectivity index (χ3v) is 5.47. The van der Waals surface area contributed by atoms with Gasteiger partial charge in [-0.2, -0.15) is 5.10 Å². The molecule has 26 heavy (non-hydrogen) atoms. The summed E-state index contributed by atoms with van der Waals surface area (Å²) in [4.78, 5) is 17.9. The first-order chi connectivity index (χ1) is 12.7. The van der Waals surface area contributed by atoms with E-state index < -0.39 is 0 Å². The van der Waals surface area contributed by atoms with Gasteiger partial charge in [0.15, 0.2) is 5.82 Å². The Morgan fingerprint density at radius 2 is 2.04 bits per heavy atom. The van der Waals surface area contributed by atoms with E-state index in [2.05, 4.69) is 20.5 Å². The molecule has 130 valence electrons. The monoisotopic (exact) mass is 382 g/mol. The normalized spacial score (nSPS) is 10.7. The maximum Gasteiger partial charge on any atom is 0.276 e. The summed E-state index contributed by atoms with van der Waals surface area (Å²) in [7, 11) is 1.62. The third-order valence-electron chi connectivity index (χ3n) is 3.68. The first-order valence-electron chi connectivity index (χ1n) is 7.73. The first-order valence-corrected chi connectivity index (χ1v) is 9.49. The van der Waals surface area contributed by atoms with Gasteiger partial charge in [-0.15, -0.1) is 22.7 Å². The minimum absolute atomic E-state index is 0.287. The minimum Gasteiger partial charge on any atom is -0.497 e. The fourth-order valence-corrected chi connectivity index (χ4v) is 3.87. The van der Waals surface area contributed by atoms with Crippen LogP contribution in [0.5, 0.6) is 5.75 Å². The molecule has 0 unspecified atom stereocenters. The summed E-state index contributed by atoms with van der Waals surface area (Å²) in [5.41, 5.74) is 2.17. The Morgan fingerprint density at radius 3 is 2.77 bits per heavy atom. The van der Waals surface area contributed by atoms with Crippen LogP contribution in [0.3, 0.4) is 0 Å². The Bertz CT molecular complexity index is 1020. The van der Waals surface area contributed by atoms with E-state index in [1.165, 1.54) is 11.3 Å². The van der Waals surface area contributed by atoms with Crippen molar-refractivity contribution in [3.05, 3.63) is 58.9 Å². The number of nitrogens with zero attached hydrogens (tertiary/aromatic N) is 2. The van der Waals surface area contributed by atoms with Crippen LogP contribution in [-0.2, 0) is 0 Å². The Morgan fingerprint density at radius 1 is 1.19 bits per heavy atom. The Kier molecular flexibility index (Phi) is 4.51. The molecular weight excluding hydrogens is 368 g/mol. The van der Waals surface area contributed by atoms with Gasteiger partial charge in [-0.25, -0.2) is 4.98 Å². The highest BCUT2D eigenvalue weighted by molar-refractivity contribution is 7.13. The average molecular weight is 382 g/mol. The summed E-state index contributed by atoms with van der Waals surface area (Å²) in [6, 6.07) is 13.3.